The summed E-state index contributed by atoms with van der Waals surface area (Å²) in [7, 11) is 0. The lowest BCUT2D eigenvalue weighted by atomic mass is 10.1. The third-order valence-corrected chi connectivity index (χ3v) is 2.72. The highest BCUT2D eigenvalue weighted by Crippen LogP contribution is 2.29. The van der Waals surface area contributed by atoms with Gasteiger partial charge in [0.2, 0.25) is 0 Å². The largest absolute Gasteiger partial charge is 0.478 e. The van der Waals surface area contributed by atoms with Gasteiger partial charge in [0.15, 0.2) is 0 Å². The van der Waals surface area contributed by atoms with Gasteiger partial charge in [-0.15, -0.1) is 0 Å². The number of hydrogen-bond donors (Lipinski definition) is 1. The summed E-state index contributed by atoms with van der Waals surface area (Å²) in [4.78, 5) is 14.2. The molecule has 21 heavy (non-hydrogen) atoms. The van der Waals surface area contributed by atoms with Gasteiger partial charge in [-0.3, -0.25) is 4.98 Å². The fourth-order valence-corrected chi connectivity index (χ4v) is 1.66. The number of aliphatic carboxylic acids is 1. The zero-order valence-corrected chi connectivity index (χ0v) is 10.6. The van der Waals surface area contributed by atoms with Crippen LogP contribution in [0.1, 0.15) is 11.1 Å². The van der Waals surface area contributed by atoms with E-state index in [4.69, 9.17) is 5.11 Å². The third-order valence-electron chi connectivity index (χ3n) is 2.72. The van der Waals surface area contributed by atoms with Gasteiger partial charge < -0.3 is 5.11 Å². The van der Waals surface area contributed by atoms with Crippen molar-refractivity contribution in [1.29, 1.82) is 0 Å². The first kappa shape index (κ1) is 14.8. The first-order valence-corrected chi connectivity index (χ1v) is 5.91. The van der Waals surface area contributed by atoms with E-state index >= 15 is 0 Å². The summed E-state index contributed by atoms with van der Waals surface area (Å²) in [6.07, 6.45) is -1.19. The summed E-state index contributed by atoms with van der Waals surface area (Å²) in [5, 5.41) is 8.51. The molecule has 0 atom stereocenters. The van der Waals surface area contributed by atoms with E-state index in [1.165, 1.54) is 12.1 Å². The number of carbonyl (C=O) groups is 1. The molecule has 0 aliphatic rings. The molecule has 2 rings (SSSR count). The van der Waals surface area contributed by atoms with Crippen LogP contribution < -0.4 is 0 Å². The first-order valence-electron chi connectivity index (χ1n) is 5.91. The van der Waals surface area contributed by atoms with Crippen LogP contribution in [0.3, 0.4) is 0 Å². The molecule has 108 valence electrons. The van der Waals surface area contributed by atoms with Crippen molar-refractivity contribution in [3.8, 4) is 11.3 Å². The van der Waals surface area contributed by atoms with Crippen molar-refractivity contribution in [1.82, 2.24) is 4.98 Å². The van der Waals surface area contributed by atoms with Crippen molar-refractivity contribution in [2.75, 3.05) is 0 Å². The quantitative estimate of drug-likeness (QED) is 0.874. The lowest BCUT2D eigenvalue weighted by Crippen LogP contribution is -2.05. The van der Waals surface area contributed by atoms with E-state index in [1.807, 2.05) is 0 Å². The van der Waals surface area contributed by atoms with Crippen LogP contribution in [0.4, 0.5) is 13.2 Å². The molecule has 1 aromatic carbocycles. The predicted octanol–water partition coefficient (Wildman–Crippen LogP) is 3.87. The van der Waals surface area contributed by atoms with Gasteiger partial charge in [-0.25, -0.2) is 4.79 Å². The molecule has 0 unspecified atom stereocenters. The average molecular weight is 293 g/mol. The molecule has 6 heteroatoms. The number of benzene rings is 1. The molecule has 1 heterocycles. The molecule has 0 spiro atoms. The van der Waals surface area contributed by atoms with E-state index in [0.29, 0.717) is 16.8 Å². The smallest absolute Gasteiger partial charge is 0.417 e. The zero-order chi connectivity index (χ0) is 15.5. The lowest BCUT2D eigenvalue weighted by molar-refractivity contribution is -0.137. The summed E-state index contributed by atoms with van der Waals surface area (Å²) >= 11 is 0. The summed E-state index contributed by atoms with van der Waals surface area (Å²) in [5.74, 6) is -1.05. The molecule has 0 saturated carbocycles. The summed E-state index contributed by atoms with van der Waals surface area (Å²) in [6, 6.07) is 8.92. The molecular formula is C15H10F3NO2. The van der Waals surface area contributed by atoms with Crippen molar-refractivity contribution >= 4 is 12.0 Å². The Hall–Kier alpha value is -2.63. The van der Waals surface area contributed by atoms with Crippen molar-refractivity contribution in [2.24, 2.45) is 0 Å². The molecule has 0 fully saturated rings. The van der Waals surface area contributed by atoms with E-state index in [9.17, 15) is 18.0 Å². The van der Waals surface area contributed by atoms with E-state index in [2.05, 4.69) is 4.98 Å². The van der Waals surface area contributed by atoms with Crippen LogP contribution in [0, 0.1) is 0 Å². The Morgan fingerprint density at radius 3 is 2.24 bits per heavy atom. The highest BCUT2D eigenvalue weighted by molar-refractivity contribution is 5.85. The van der Waals surface area contributed by atoms with Crippen LogP contribution in [-0.4, -0.2) is 16.1 Å². The van der Waals surface area contributed by atoms with Crippen LogP contribution >= 0.6 is 0 Å². The minimum atomic E-state index is -4.41. The number of halogens is 3. The lowest BCUT2D eigenvalue weighted by Gasteiger charge is -2.07. The summed E-state index contributed by atoms with van der Waals surface area (Å²) < 4.78 is 37.3. The van der Waals surface area contributed by atoms with E-state index < -0.39 is 17.7 Å². The van der Waals surface area contributed by atoms with Crippen LogP contribution in [0.25, 0.3) is 17.3 Å². The Morgan fingerprint density at radius 2 is 1.76 bits per heavy atom. The normalized spacial score (nSPS) is 11.8. The first-order chi connectivity index (χ1) is 9.86. The van der Waals surface area contributed by atoms with Gasteiger partial charge >= 0.3 is 12.1 Å². The van der Waals surface area contributed by atoms with Gasteiger partial charge in [0.05, 0.1) is 11.3 Å². The highest BCUT2D eigenvalue weighted by atomic mass is 19.4. The van der Waals surface area contributed by atoms with E-state index in [1.54, 1.807) is 24.3 Å². The second-order valence-electron chi connectivity index (χ2n) is 4.22. The second-order valence-corrected chi connectivity index (χ2v) is 4.22. The topological polar surface area (TPSA) is 50.2 Å². The Bertz CT molecular complexity index is 659. The minimum absolute atomic E-state index is 0.414. The number of pyridine rings is 1. The number of nitrogens with zero attached hydrogens (tertiary/aromatic N) is 1. The van der Waals surface area contributed by atoms with Gasteiger partial charge in [0.1, 0.15) is 0 Å². The molecule has 3 nitrogen and oxygen atoms in total. The van der Waals surface area contributed by atoms with Gasteiger partial charge in [0.25, 0.3) is 0 Å². The maximum atomic E-state index is 12.4. The van der Waals surface area contributed by atoms with Crippen LogP contribution in [0.5, 0.6) is 0 Å². The Balaban J connectivity index is 2.21. The Morgan fingerprint density at radius 1 is 1.10 bits per heavy atom. The number of carboxylic acids is 1. The predicted molar refractivity (Wildman–Crippen MR) is 71.3 cm³/mol. The molecule has 0 bridgehead atoms. The fraction of sp³-hybridized carbons (Fsp3) is 0.0667. The highest BCUT2D eigenvalue weighted by Gasteiger charge is 2.30. The second kappa shape index (κ2) is 5.78. The Labute approximate surface area is 118 Å². The zero-order valence-electron chi connectivity index (χ0n) is 10.6. The van der Waals surface area contributed by atoms with Gasteiger partial charge in [-0.05, 0) is 23.8 Å². The maximum absolute atomic E-state index is 12.4. The molecule has 0 aliphatic carbocycles. The molecule has 0 amide bonds. The summed E-state index contributed by atoms with van der Waals surface area (Å²) in [6.45, 7) is 0. The van der Waals surface area contributed by atoms with Crippen molar-refractivity contribution < 1.29 is 23.1 Å². The average Bonchev–Trinajstić information content (AvgIpc) is 2.45. The van der Waals surface area contributed by atoms with Crippen molar-refractivity contribution in [2.45, 2.75) is 6.18 Å². The molecular weight excluding hydrogens is 283 g/mol. The number of alkyl halides is 3. The minimum Gasteiger partial charge on any atom is -0.478 e. The number of aromatic nitrogens is 1. The Kier molecular flexibility index (Phi) is 4.07. The molecule has 0 radical (unpaired) electrons. The third kappa shape index (κ3) is 3.92. The maximum Gasteiger partial charge on any atom is 0.417 e. The van der Waals surface area contributed by atoms with Gasteiger partial charge in [-0.2, -0.15) is 13.2 Å². The molecule has 2 aromatic rings. The van der Waals surface area contributed by atoms with E-state index in [0.717, 1.165) is 18.3 Å². The van der Waals surface area contributed by atoms with E-state index in [-0.39, 0.29) is 0 Å². The summed E-state index contributed by atoms with van der Waals surface area (Å²) in [5.41, 5.74) is 0.938. The van der Waals surface area contributed by atoms with Crippen molar-refractivity contribution in [3.05, 3.63) is 59.8 Å². The molecule has 1 N–H and O–H groups in total. The number of rotatable bonds is 3. The molecule has 1 aromatic heterocycles. The SMILES string of the molecule is O=C(O)C=Cc1ccc(-c2ccc(C(F)(F)F)cn2)cc1. The van der Waals surface area contributed by atoms with Gasteiger partial charge in [-0.1, -0.05) is 24.3 Å². The van der Waals surface area contributed by atoms with Crippen LogP contribution in [0.15, 0.2) is 48.7 Å². The number of carboxylic acid groups (broad SMARTS) is 1. The monoisotopic (exact) mass is 293 g/mol. The van der Waals surface area contributed by atoms with Crippen LogP contribution in [0.2, 0.25) is 0 Å². The number of hydrogen-bond acceptors (Lipinski definition) is 2. The van der Waals surface area contributed by atoms with Crippen LogP contribution in [-0.2, 0) is 11.0 Å². The molecule has 0 saturated heterocycles. The molecule has 0 aliphatic heterocycles. The standard InChI is InChI=1S/C15H10F3NO2/c16-15(17,18)12-6-7-13(19-9-12)11-4-1-10(2-5-11)3-8-14(20)21/h1-9H,(H,20,21). The fourth-order valence-electron chi connectivity index (χ4n) is 1.66. The van der Waals surface area contributed by atoms with Gasteiger partial charge in [0, 0.05) is 17.8 Å². The van der Waals surface area contributed by atoms with Crippen molar-refractivity contribution in [3.63, 3.8) is 0 Å².